The summed E-state index contributed by atoms with van der Waals surface area (Å²) < 4.78 is 0. The normalized spacial score (nSPS) is 12.3. The molecule has 0 spiro atoms. The van der Waals surface area contributed by atoms with Crippen molar-refractivity contribution in [2.45, 2.75) is 44.9 Å². The van der Waals surface area contributed by atoms with Crippen LogP contribution >= 0.6 is 0 Å². The van der Waals surface area contributed by atoms with Crippen molar-refractivity contribution in [3.63, 3.8) is 0 Å². The summed E-state index contributed by atoms with van der Waals surface area (Å²) in [6.45, 7) is 2.28. The average Bonchev–Trinajstić information content (AvgIpc) is 2.48. The fourth-order valence-corrected chi connectivity index (χ4v) is 2.75. The van der Waals surface area contributed by atoms with Crippen LogP contribution in [-0.4, -0.2) is 0 Å². The minimum absolute atomic E-state index is 0.731. The van der Waals surface area contributed by atoms with Crippen LogP contribution in [0.4, 0.5) is 0 Å². The first-order chi connectivity index (χ1) is 9.40. The van der Waals surface area contributed by atoms with Gasteiger partial charge in [-0.25, -0.2) is 0 Å². The smallest absolute Gasteiger partial charge is 0.0162 e. The Morgan fingerprint density at radius 3 is 2.05 bits per heavy atom. The largest absolute Gasteiger partial charge is 0.0654 e. The maximum Gasteiger partial charge on any atom is -0.0162 e. The molecule has 2 rings (SSSR count). The summed E-state index contributed by atoms with van der Waals surface area (Å²) in [5.41, 5.74) is 2.98. The van der Waals surface area contributed by atoms with Crippen LogP contribution in [0.15, 0.2) is 60.7 Å². The molecule has 0 fully saturated rings. The standard InChI is InChI=1S/C19H24/c1-2-10-18(19-14-7-4-8-15-19)16-9-13-17-11-5-3-6-12-17/h3-8,11-12,14-15,18H,2,9-10,13,16H2,1H3. The minimum atomic E-state index is 0.731. The van der Waals surface area contributed by atoms with E-state index in [0.717, 1.165) is 5.92 Å². The molecule has 100 valence electrons. The Bertz CT molecular complexity index is 444. The Hall–Kier alpha value is -1.56. The maximum atomic E-state index is 2.28. The fraction of sp³-hybridized carbons (Fsp3) is 0.368. The third-order valence-electron chi connectivity index (χ3n) is 3.77. The summed E-state index contributed by atoms with van der Waals surface area (Å²) in [4.78, 5) is 0. The number of rotatable bonds is 7. The van der Waals surface area contributed by atoms with E-state index >= 15 is 0 Å². The molecule has 0 aliphatic carbocycles. The van der Waals surface area contributed by atoms with E-state index in [4.69, 9.17) is 0 Å². The molecule has 0 heterocycles. The van der Waals surface area contributed by atoms with Crippen molar-refractivity contribution in [3.8, 4) is 0 Å². The number of hydrogen-bond acceptors (Lipinski definition) is 0. The highest BCUT2D eigenvalue weighted by atomic mass is 14.1. The summed E-state index contributed by atoms with van der Waals surface area (Å²) >= 11 is 0. The van der Waals surface area contributed by atoms with E-state index in [9.17, 15) is 0 Å². The highest BCUT2D eigenvalue weighted by Gasteiger charge is 2.09. The van der Waals surface area contributed by atoms with Crippen LogP contribution in [0.1, 0.15) is 49.7 Å². The average molecular weight is 252 g/mol. The summed E-state index contributed by atoms with van der Waals surface area (Å²) in [6, 6.07) is 21.8. The monoisotopic (exact) mass is 252 g/mol. The zero-order valence-electron chi connectivity index (χ0n) is 11.9. The van der Waals surface area contributed by atoms with Gasteiger partial charge in [-0.2, -0.15) is 0 Å². The quantitative estimate of drug-likeness (QED) is 0.602. The molecule has 2 aromatic rings. The zero-order valence-corrected chi connectivity index (χ0v) is 11.9. The van der Waals surface area contributed by atoms with E-state index in [1.807, 2.05) is 0 Å². The molecule has 0 heteroatoms. The Labute approximate surface area is 117 Å². The first kappa shape index (κ1) is 13.9. The van der Waals surface area contributed by atoms with Gasteiger partial charge in [0.15, 0.2) is 0 Å². The molecule has 0 nitrogen and oxygen atoms in total. The van der Waals surface area contributed by atoms with E-state index in [1.165, 1.54) is 43.2 Å². The van der Waals surface area contributed by atoms with Crippen LogP contribution in [0, 0.1) is 0 Å². The number of hydrogen-bond donors (Lipinski definition) is 0. The van der Waals surface area contributed by atoms with Crippen LogP contribution in [0.5, 0.6) is 0 Å². The molecular formula is C19H24. The molecule has 19 heavy (non-hydrogen) atoms. The number of benzene rings is 2. The topological polar surface area (TPSA) is 0 Å². The summed E-state index contributed by atoms with van der Waals surface area (Å²) in [5, 5.41) is 0. The van der Waals surface area contributed by atoms with Gasteiger partial charge in [0.25, 0.3) is 0 Å². The Kier molecular flexibility index (Phi) is 5.68. The molecular weight excluding hydrogens is 228 g/mol. The lowest BCUT2D eigenvalue weighted by molar-refractivity contribution is 0.546. The second kappa shape index (κ2) is 7.78. The molecule has 0 saturated heterocycles. The molecule has 2 aromatic carbocycles. The van der Waals surface area contributed by atoms with Gasteiger partial charge in [0, 0.05) is 0 Å². The van der Waals surface area contributed by atoms with Crippen LogP contribution < -0.4 is 0 Å². The van der Waals surface area contributed by atoms with Crippen LogP contribution in [-0.2, 0) is 6.42 Å². The lowest BCUT2D eigenvalue weighted by Gasteiger charge is -2.16. The van der Waals surface area contributed by atoms with Gasteiger partial charge >= 0.3 is 0 Å². The SMILES string of the molecule is CCCC(CCCc1ccccc1)c1ccccc1. The van der Waals surface area contributed by atoms with Gasteiger partial charge in [0.05, 0.1) is 0 Å². The van der Waals surface area contributed by atoms with Crippen molar-refractivity contribution in [2.75, 3.05) is 0 Å². The highest BCUT2D eigenvalue weighted by molar-refractivity contribution is 5.19. The molecule has 1 unspecified atom stereocenters. The summed E-state index contributed by atoms with van der Waals surface area (Å²) in [6.07, 6.45) is 6.36. The van der Waals surface area contributed by atoms with Gasteiger partial charge in [-0.05, 0) is 42.7 Å². The van der Waals surface area contributed by atoms with Gasteiger partial charge in [-0.3, -0.25) is 0 Å². The van der Waals surface area contributed by atoms with Crippen molar-refractivity contribution < 1.29 is 0 Å². The second-order valence-corrected chi connectivity index (χ2v) is 5.27. The van der Waals surface area contributed by atoms with E-state index < -0.39 is 0 Å². The lowest BCUT2D eigenvalue weighted by atomic mass is 9.89. The van der Waals surface area contributed by atoms with Crippen molar-refractivity contribution >= 4 is 0 Å². The Morgan fingerprint density at radius 2 is 1.42 bits per heavy atom. The van der Waals surface area contributed by atoms with Gasteiger partial charge < -0.3 is 0 Å². The number of aryl methyl sites for hydroxylation is 1. The first-order valence-corrected chi connectivity index (χ1v) is 7.49. The molecule has 0 saturated carbocycles. The summed E-state index contributed by atoms with van der Waals surface area (Å²) in [7, 11) is 0. The predicted octanol–water partition coefficient (Wildman–Crippen LogP) is 5.59. The van der Waals surface area contributed by atoms with Crippen LogP contribution in [0.3, 0.4) is 0 Å². The van der Waals surface area contributed by atoms with Crippen molar-refractivity contribution in [3.05, 3.63) is 71.8 Å². The van der Waals surface area contributed by atoms with Crippen LogP contribution in [0.2, 0.25) is 0 Å². The fourth-order valence-electron chi connectivity index (χ4n) is 2.75. The third kappa shape index (κ3) is 4.55. The van der Waals surface area contributed by atoms with Gasteiger partial charge in [-0.1, -0.05) is 74.0 Å². The van der Waals surface area contributed by atoms with Gasteiger partial charge in [0.2, 0.25) is 0 Å². The summed E-state index contributed by atoms with van der Waals surface area (Å²) in [5.74, 6) is 0.731. The molecule has 0 aliphatic heterocycles. The third-order valence-corrected chi connectivity index (χ3v) is 3.77. The lowest BCUT2D eigenvalue weighted by Crippen LogP contribution is -1.99. The van der Waals surface area contributed by atoms with Crippen molar-refractivity contribution in [2.24, 2.45) is 0 Å². The zero-order chi connectivity index (χ0) is 13.3. The van der Waals surface area contributed by atoms with E-state index in [1.54, 1.807) is 0 Å². The van der Waals surface area contributed by atoms with Gasteiger partial charge in [-0.15, -0.1) is 0 Å². The molecule has 0 amide bonds. The Morgan fingerprint density at radius 1 is 0.789 bits per heavy atom. The van der Waals surface area contributed by atoms with Crippen molar-refractivity contribution in [1.29, 1.82) is 0 Å². The van der Waals surface area contributed by atoms with Gasteiger partial charge in [0.1, 0.15) is 0 Å². The molecule has 1 atom stereocenters. The molecule has 0 aromatic heterocycles. The second-order valence-electron chi connectivity index (χ2n) is 5.27. The molecule has 0 radical (unpaired) electrons. The van der Waals surface area contributed by atoms with Crippen LogP contribution in [0.25, 0.3) is 0 Å². The van der Waals surface area contributed by atoms with E-state index in [2.05, 4.69) is 67.6 Å². The first-order valence-electron chi connectivity index (χ1n) is 7.49. The van der Waals surface area contributed by atoms with Crippen molar-refractivity contribution in [1.82, 2.24) is 0 Å². The minimum Gasteiger partial charge on any atom is -0.0654 e. The van der Waals surface area contributed by atoms with E-state index in [0.29, 0.717) is 0 Å². The van der Waals surface area contributed by atoms with E-state index in [-0.39, 0.29) is 0 Å². The molecule has 0 N–H and O–H groups in total. The molecule has 0 aliphatic rings. The molecule has 0 bridgehead atoms. The predicted molar refractivity (Wildman–Crippen MR) is 83.5 cm³/mol. The maximum absolute atomic E-state index is 2.28. The Balaban J connectivity index is 1.87. The highest BCUT2D eigenvalue weighted by Crippen LogP contribution is 2.26.